The number of nitrogens with one attached hydrogen (secondary N) is 2. The number of aliphatic hydroxyl groups is 2. The number of aliphatic hydroxyl groups excluding tert-OH is 2. The molecule has 2 aliphatic carbocycles. The number of carbonyl (C=O) groups is 2. The third-order valence-electron chi connectivity index (χ3n) is 8.58. The summed E-state index contributed by atoms with van der Waals surface area (Å²) in [6, 6.07) is -0.603. The number of carbonyl (C=O) groups excluding carboxylic acids is 2. The molecule has 0 saturated heterocycles. The lowest BCUT2D eigenvalue weighted by molar-refractivity contribution is -0.139. The molecule has 0 bridgehead atoms. The van der Waals surface area contributed by atoms with Gasteiger partial charge in [0.25, 0.3) is 0 Å². The van der Waals surface area contributed by atoms with Crippen LogP contribution >= 0.6 is 0 Å². The number of hydrogen-bond acceptors (Lipinski definition) is 7. The Morgan fingerprint density at radius 2 is 1.60 bits per heavy atom. The maximum Gasteiger partial charge on any atom is 0.225 e. The van der Waals surface area contributed by atoms with Gasteiger partial charge in [-0.15, -0.1) is 16.7 Å². The second kappa shape index (κ2) is 18.3. The summed E-state index contributed by atoms with van der Waals surface area (Å²) in [5.74, 6) is 5.49. The second-order valence-corrected chi connectivity index (χ2v) is 15.0. The summed E-state index contributed by atoms with van der Waals surface area (Å²) in [5.41, 5.74) is 0. The highest BCUT2D eigenvalue weighted by atomic mass is 32.2. The van der Waals surface area contributed by atoms with Crippen LogP contribution in [0.1, 0.15) is 98.8 Å². The monoisotopic (exact) mass is 626 g/mol. The van der Waals surface area contributed by atoms with Crippen LogP contribution in [0.15, 0.2) is 0 Å². The number of hydrazine groups is 1. The molecule has 2 rings (SSSR count). The van der Waals surface area contributed by atoms with Crippen molar-refractivity contribution in [2.24, 2.45) is 29.6 Å². The van der Waals surface area contributed by atoms with Gasteiger partial charge in [-0.2, -0.15) is 0 Å². The van der Waals surface area contributed by atoms with E-state index in [0.29, 0.717) is 51.6 Å². The van der Waals surface area contributed by atoms with Crippen LogP contribution in [0.2, 0.25) is 0 Å². The molecule has 10 nitrogen and oxygen atoms in total. The summed E-state index contributed by atoms with van der Waals surface area (Å²) in [6.07, 6.45) is 5.56. The highest BCUT2D eigenvalue weighted by Gasteiger charge is 2.39. The van der Waals surface area contributed by atoms with Gasteiger partial charge in [-0.05, 0) is 83.0 Å². The Labute approximate surface area is 260 Å². The van der Waals surface area contributed by atoms with Gasteiger partial charge in [0.2, 0.25) is 21.8 Å². The molecular formula is C32H58N4O6S. The maximum atomic E-state index is 13.8. The largest absolute Gasteiger partial charge is 0.393 e. The first-order valence-electron chi connectivity index (χ1n) is 16.4. The second-order valence-electron chi connectivity index (χ2n) is 13.3. The predicted molar refractivity (Wildman–Crippen MR) is 170 cm³/mol. The quantitative estimate of drug-likeness (QED) is 0.153. The lowest BCUT2D eigenvalue weighted by Gasteiger charge is -2.37. The fourth-order valence-corrected chi connectivity index (χ4v) is 8.20. The van der Waals surface area contributed by atoms with Crippen molar-refractivity contribution >= 4 is 21.8 Å². The van der Waals surface area contributed by atoms with E-state index in [4.69, 9.17) is 0 Å². The van der Waals surface area contributed by atoms with Gasteiger partial charge in [0.1, 0.15) is 0 Å². The average molecular weight is 627 g/mol. The Balaban J connectivity index is 2.20. The van der Waals surface area contributed by atoms with E-state index >= 15 is 0 Å². The number of sulfonamides is 1. The van der Waals surface area contributed by atoms with Crippen molar-refractivity contribution in [2.75, 3.05) is 32.4 Å². The number of hydrogen-bond donors (Lipinski definition) is 4. The average Bonchev–Trinajstić information content (AvgIpc) is 2.92. The number of nitrogens with zero attached hydrogens (tertiary/aromatic N) is 2. The summed E-state index contributed by atoms with van der Waals surface area (Å²) < 4.78 is 24.9. The van der Waals surface area contributed by atoms with Crippen LogP contribution in [-0.2, 0) is 19.6 Å². The summed E-state index contributed by atoms with van der Waals surface area (Å²) in [5, 5.41) is 25.8. The molecule has 0 heterocycles. The first-order valence-corrected chi connectivity index (χ1v) is 18.0. The minimum atomic E-state index is -3.57. The minimum Gasteiger partial charge on any atom is -0.393 e. The molecule has 5 unspecified atom stereocenters. The SMILES string of the molecule is CC#CC1CC(C(=O)NC(CC2CCC(O)CC2)C(O)CN(C)NS(=O)(=O)CC(C)C)CC(C(=O)N(CCC)CCC)C1. The maximum absolute atomic E-state index is 13.8. The first kappa shape index (κ1) is 37.5. The van der Waals surface area contributed by atoms with Crippen molar-refractivity contribution < 1.29 is 28.2 Å². The molecule has 248 valence electrons. The molecule has 2 fully saturated rings. The molecule has 2 aliphatic rings. The zero-order valence-corrected chi connectivity index (χ0v) is 28.2. The van der Waals surface area contributed by atoms with Gasteiger partial charge >= 0.3 is 0 Å². The Kier molecular flexibility index (Phi) is 16.0. The predicted octanol–water partition coefficient (Wildman–Crippen LogP) is 2.90. The third-order valence-corrected chi connectivity index (χ3v) is 10.3. The van der Waals surface area contributed by atoms with Gasteiger partial charge in [-0.3, -0.25) is 9.59 Å². The smallest absolute Gasteiger partial charge is 0.225 e. The Hall–Kier alpha value is -1.71. The highest BCUT2D eigenvalue weighted by molar-refractivity contribution is 7.89. The summed E-state index contributed by atoms with van der Waals surface area (Å²) >= 11 is 0. The van der Waals surface area contributed by atoms with Crippen molar-refractivity contribution in [1.29, 1.82) is 0 Å². The van der Waals surface area contributed by atoms with Crippen LogP contribution in [0, 0.1) is 41.4 Å². The van der Waals surface area contributed by atoms with Crippen molar-refractivity contribution in [1.82, 2.24) is 20.1 Å². The molecule has 11 heteroatoms. The van der Waals surface area contributed by atoms with Crippen molar-refractivity contribution in [3.8, 4) is 11.8 Å². The Bertz CT molecular complexity index is 1030. The van der Waals surface area contributed by atoms with Gasteiger partial charge in [-0.25, -0.2) is 13.4 Å². The minimum absolute atomic E-state index is 0.00365. The van der Waals surface area contributed by atoms with E-state index in [1.165, 1.54) is 5.01 Å². The lowest BCUT2D eigenvalue weighted by Crippen LogP contribution is -2.53. The zero-order chi connectivity index (χ0) is 32.2. The van der Waals surface area contributed by atoms with E-state index in [1.54, 1.807) is 14.0 Å². The van der Waals surface area contributed by atoms with Gasteiger partial charge < -0.3 is 20.4 Å². The molecule has 0 spiro atoms. The standard InChI is InChI=1S/C32H58N4O6S/c1-7-10-25-17-26(20-27(18-25)32(40)36(15-8-2)16-9-3)31(39)33-29(19-24-11-13-28(37)14-12-24)30(38)21-35(6)34-43(41,42)22-23(4)5/h23-30,34,37-38H,8-9,11-22H2,1-6H3,(H,33,39). The molecular weight excluding hydrogens is 568 g/mol. The molecule has 0 aromatic carbocycles. The summed E-state index contributed by atoms with van der Waals surface area (Å²) in [4.78, 5) is 31.8. The molecule has 0 aliphatic heterocycles. The van der Waals surface area contributed by atoms with Gasteiger partial charge in [0.15, 0.2) is 0 Å². The topological polar surface area (TPSA) is 139 Å². The Morgan fingerprint density at radius 3 is 2.16 bits per heavy atom. The van der Waals surface area contributed by atoms with Crippen LogP contribution < -0.4 is 10.1 Å². The molecule has 2 amide bonds. The van der Waals surface area contributed by atoms with E-state index in [2.05, 4.69) is 35.8 Å². The van der Waals surface area contributed by atoms with Gasteiger partial charge in [0.05, 0.1) is 24.0 Å². The molecule has 4 N–H and O–H groups in total. The lowest BCUT2D eigenvalue weighted by atomic mass is 9.74. The molecule has 2 saturated carbocycles. The van der Waals surface area contributed by atoms with Crippen molar-refractivity contribution in [3.05, 3.63) is 0 Å². The normalized spacial score (nSPS) is 26.0. The van der Waals surface area contributed by atoms with Crippen LogP contribution in [-0.4, -0.2) is 91.0 Å². The van der Waals surface area contributed by atoms with E-state index < -0.39 is 28.1 Å². The molecule has 0 radical (unpaired) electrons. The number of amides is 2. The van der Waals surface area contributed by atoms with Crippen molar-refractivity contribution in [2.45, 2.75) is 117 Å². The Morgan fingerprint density at radius 1 is 1.00 bits per heavy atom. The summed E-state index contributed by atoms with van der Waals surface area (Å²) in [7, 11) is -2.00. The molecule has 5 atom stereocenters. The van der Waals surface area contributed by atoms with Crippen LogP contribution in [0.4, 0.5) is 0 Å². The molecule has 0 aromatic rings. The third kappa shape index (κ3) is 13.0. The van der Waals surface area contributed by atoms with E-state index in [-0.39, 0.29) is 53.9 Å². The van der Waals surface area contributed by atoms with Crippen LogP contribution in [0.25, 0.3) is 0 Å². The van der Waals surface area contributed by atoms with Gasteiger partial charge in [0, 0.05) is 44.4 Å². The van der Waals surface area contributed by atoms with Crippen molar-refractivity contribution in [3.63, 3.8) is 0 Å². The van der Waals surface area contributed by atoms with Crippen LogP contribution in [0.5, 0.6) is 0 Å². The number of likely N-dealkylation sites (N-methyl/N-ethyl adjacent to an activating group) is 1. The van der Waals surface area contributed by atoms with E-state index in [9.17, 15) is 28.2 Å². The van der Waals surface area contributed by atoms with Crippen LogP contribution in [0.3, 0.4) is 0 Å². The highest BCUT2D eigenvalue weighted by Crippen LogP contribution is 2.35. The number of rotatable bonds is 16. The molecule has 43 heavy (non-hydrogen) atoms. The fourth-order valence-electron chi connectivity index (χ4n) is 6.70. The van der Waals surface area contributed by atoms with E-state index in [0.717, 1.165) is 25.7 Å². The summed E-state index contributed by atoms with van der Waals surface area (Å²) in [6.45, 7) is 10.9. The first-order chi connectivity index (χ1) is 20.3. The fraction of sp³-hybridized carbons (Fsp3) is 0.875. The zero-order valence-electron chi connectivity index (χ0n) is 27.3. The van der Waals surface area contributed by atoms with E-state index in [1.807, 2.05) is 18.7 Å². The molecule has 0 aromatic heterocycles. The van der Waals surface area contributed by atoms with Gasteiger partial charge in [-0.1, -0.05) is 27.7 Å².